The van der Waals surface area contributed by atoms with Gasteiger partial charge in [0.05, 0.1) is 5.02 Å². The molecule has 124 valence electrons. The molecule has 0 bridgehead atoms. The van der Waals surface area contributed by atoms with Gasteiger partial charge in [0, 0.05) is 5.69 Å². The van der Waals surface area contributed by atoms with Gasteiger partial charge < -0.3 is 9.73 Å². The molecule has 9 heteroatoms. The van der Waals surface area contributed by atoms with Crippen LogP contribution in [0.25, 0.3) is 11.1 Å². The highest BCUT2D eigenvalue weighted by molar-refractivity contribution is 7.91. The van der Waals surface area contributed by atoms with Gasteiger partial charge in [-0.05, 0) is 30.3 Å². The summed E-state index contributed by atoms with van der Waals surface area (Å²) in [7, 11) is -4.06. The van der Waals surface area contributed by atoms with Crippen LogP contribution in [0.2, 0.25) is 5.02 Å². The van der Waals surface area contributed by atoms with Gasteiger partial charge in [0.2, 0.25) is 15.7 Å². The van der Waals surface area contributed by atoms with E-state index in [1.165, 1.54) is 12.1 Å². The van der Waals surface area contributed by atoms with Crippen LogP contribution in [-0.2, 0) is 14.6 Å². The molecule has 0 saturated carbocycles. The zero-order valence-corrected chi connectivity index (χ0v) is 13.6. The Kier molecular flexibility index (Phi) is 4.25. The number of amides is 1. The van der Waals surface area contributed by atoms with Crippen LogP contribution in [0.15, 0.2) is 52.1 Å². The average molecular weight is 369 g/mol. The van der Waals surface area contributed by atoms with Gasteiger partial charge in [-0.2, -0.15) is 4.98 Å². The minimum atomic E-state index is -4.06. The van der Waals surface area contributed by atoms with Crippen molar-refractivity contribution >= 4 is 44.1 Å². The van der Waals surface area contributed by atoms with Gasteiger partial charge in [-0.15, -0.1) is 0 Å². The number of hydrogen-bond acceptors (Lipinski definition) is 5. The molecule has 0 spiro atoms. The Morgan fingerprint density at radius 1 is 1.25 bits per heavy atom. The van der Waals surface area contributed by atoms with Crippen molar-refractivity contribution in [1.29, 1.82) is 0 Å². The second-order valence-corrected chi connectivity index (χ2v) is 7.16. The summed E-state index contributed by atoms with van der Waals surface area (Å²) in [5.74, 6) is -2.33. The van der Waals surface area contributed by atoms with Gasteiger partial charge in [-0.1, -0.05) is 23.7 Å². The molecule has 0 aliphatic carbocycles. The van der Waals surface area contributed by atoms with Crippen LogP contribution in [0.3, 0.4) is 0 Å². The van der Waals surface area contributed by atoms with Crippen LogP contribution in [0.5, 0.6) is 0 Å². The second kappa shape index (κ2) is 6.21. The maximum atomic E-state index is 13.1. The highest BCUT2D eigenvalue weighted by Gasteiger charge is 2.25. The van der Waals surface area contributed by atoms with Crippen LogP contribution in [0.1, 0.15) is 0 Å². The molecule has 2 aromatic carbocycles. The van der Waals surface area contributed by atoms with Crippen LogP contribution >= 0.6 is 11.6 Å². The normalized spacial score (nSPS) is 11.6. The number of hydrogen-bond donors (Lipinski definition) is 1. The van der Waals surface area contributed by atoms with Crippen LogP contribution in [0.4, 0.5) is 10.1 Å². The molecule has 6 nitrogen and oxygen atoms in total. The number of nitrogens with one attached hydrogen (secondary N) is 1. The number of sulfone groups is 1. The van der Waals surface area contributed by atoms with E-state index in [4.69, 9.17) is 16.0 Å². The highest BCUT2D eigenvalue weighted by atomic mass is 35.5. The summed E-state index contributed by atoms with van der Waals surface area (Å²) in [6, 6.07) is 10.0. The van der Waals surface area contributed by atoms with E-state index in [1.807, 2.05) is 0 Å². The Morgan fingerprint density at radius 3 is 2.71 bits per heavy atom. The van der Waals surface area contributed by atoms with E-state index in [-0.39, 0.29) is 10.7 Å². The van der Waals surface area contributed by atoms with E-state index in [9.17, 15) is 17.6 Å². The molecule has 0 fully saturated rings. The van der Waals surface area contributed by atoms with Crippen LogP contribution in [0, 0.1) is 5.82 Å². The molecule has 0 unspecified atom stereocenters. The quantitative estimate of drug-likeness (QED) is 0.764. The van der Waals surface area contributed by atoms with Crippen molar-refractivity contribution in [2.24, 2.45) is 0 Å². The zero-order valence-electron chi connectivity index (χ0n) is 12.0. The minimum absolute atomic E-state index is 0.180. The van der Waals surface area contributed by atoms with Gasteiger partial charge in [0.25, 0.3) is 0 Å². The fraction of sp³-hybridized carbons (Fsp3) is 0.0667. The number of carbonyl (C=O) groups excluding carboxylic acids is 1. The minimum Gasteiger partial charge on any atom is -0.428 e. The molecule has 3 rings (SSSR count). The topological polar surface area (TPSA) is 89.3 Å². The molecule has 1 aromatic heterocycles. The van der Waals surface area contributed by atoms with E-state index in [0.29, 0.717) is 11.1 Å². The lowest BCUT2D eigenvalue weighted by Gasteiger charge is -2.05. The predicted octanol–water partition coefficient (Wildman–Crippen LogP) is 3.03. The van der Waals surface area contributed by atoms with Crippen molar-refractivity contribution in [2.45, 2.75) is 5.22 Å². The number of oxazole rings is 1. The predicted molar refractivity (Wildman–Crippen MR) is 86.1 cm³/mol. The van der Waals surface area contributed by atoms with Crippen LogP contribution in [-0.4, -0.2) is 25.1 Å². The zero-order chi connectivity index (χ0) is 17.3. The van der Waals surface area contributed by atoms with Gasteiger partial charge in [0.15, 0.2) is 5.58 Å². The summed E-state index contributed by atoms with van der Waals surface area (Å²) >= 11 is 5.60. The monoisotopic (exact) mass is 368 g/mol. The molecule has 1 amide bonds. The molecule has 0 atom stereocenters. The van der Waals surface area contributed by atoms with Crippen molar-refractivity contribution in [2.75, 3.05) is 11.1 Å². The number of benzene rings is 2. The van der Waals surface area contributed by atoms with E-state index in [2.05, 4.69) is 10.3 Å². The highest BCUT2D eigenvalue weighted by Crippen LogP contribution is 2.21. The molecule has 0 aliphatic rings. The maximum absolute atomic E-state index is 13.1. The summed E-state index contributed by atoms with van der Waals surface area (Å²) in [4.78, 5) is 15.8. The SMILES string of the molecule is O=C(CS(=O)(=O)c1nc2ccccc2o1)Nc1ccc(F)c(Cl)c1. The summed E-state index contributed by atoms with van der Waals surface area (Å²) < 4.78 is 42.7. The lowest BCUT2D eigenvalue weighted by Crippen LogP contribution is -2.23. The van der Waals surface area contributed by atoms with Crippen LogP contribution < -0.4 is 5.32 Å². The molecule has 0 saturated heterocycles. The van der Waals surface area contributed by atoms with Crippen molar-refractivity contribution < 1.29 is 22.0 Å². The molecule has 1 heterocycles. The Labute approximate surface area is 141 Å². The molecule has 24 heavy (non-hydrogen) atoms. The van der Waals surface area contributed by atoms with E-state index < -0.39 is 32.5 Å². The lowest BCUT2D eigenvalue weighted by atomic mass is 10.3. The van der Waals surface area contributed by atoms with Gasteiger partial charge in [0.1, 0.15) is 17.1 Å². The molecular formula is C15H10ClFN2O4S. The number of nitrogens with zero attached hydrogens (tertiary/aromatic N) is 1. The van der Waals surface area contributed by atoms with Crippen molar-refractivity contribution in [3.05, 3.63) is 53.3 Å². The molecule has 1 N–H and O–H groups in total. The molecule has 3 aromatic rings. The Bertz CT molecular complexity index is 1000. The van der Waals surface area contributed by atoms with E-state index in [0.717, 1.165) is 6.07 Å². The van der Waals surface area contributed by atoms with Gasteiger partial charge in [-0.25, -0.2) is 12.8 Å². The third-order valence-corrected chi connectivity index (χ3v) is 4.70. The maximum Gasteiger partial charge on any atom is 0.316 e. The fourth-order valence-corrected chi connectivity index (χ4v) is 3.16. The standard InChI is InChI=1S/C15H10ClFN2O4S/c16-10-7-9(5-6-11(10)17)18-14(20)8-24(21,22)15-19-12-3-1-2-4-13(12)23-15/h1-7H,8H2,(H,18,20). The van der Waals surface area contributed by atoms with Gasteiger partial charge >= 0.3 is 5.22 Å². The number of aromatic nitrogens is 1. The Balaban J connectivity index is 1.78. The largest absolute Gasteiger partial charge is 0.428 e. The Hall–Kier alpha value is -2.45. The van der Waals surface area contributed by atoms with Crippen molar-refractivity contribution in [1.82, 2.24) is 4.98 Å². The molecule has 0 aliphatic heterocycles. The second-order valence-electron chi connectivity index (χ2n) is 4.88. The third kappa shape index (κ3) is 3.39. The summed E-state index contributed by atoms with van der Waals surface area (Å²) in [6.45, 7) is 0. The first-order chi connectivity index (χ1) is 11.3. The first-order valence-corrected chi connectivity index (χ1v) is 8.71. The lowest BCUT2D eigenvalue weighted by molar-refractivity contribution is -0.113. The van der Waals surface area contributed by atoms with Crippen molar-refractivity contribution in [3.8, 4) is 0 Å². The average Bonchev–Trinajstić information content (AvgIpc) is 2.95. The fourth-order valence-electron chi connectivity index (χ4n) is 1.99. The van der Waals surface area contributed by atoms with E-state index >= 15 is 0 Å². The first kappa shape index (κ1) is 16.4. The number of fused-ring (bicyclic) bond motifs is 1. The van der Waals surface area contributed by atoms with Crippen molar-refractivity contribution in [3.63, 3.8) is 0 Å². The first-order valence-electron chi connectivity index (χ1n) is 6.68. The number of carbonyl (C=O) groups is 1. The molecule has 0 radical (unpaired) electrons. The number of rotatable bonds is 4. The van der Waals surface area contributed by atoms with Gasteiger partial charge in [-0.3, -0.25) is 4.79 Å². The van der Waals surface area contributed by atoms with E-state index in [1.54, 1.807) is 24.3 Å². The summed E-state index contributed by atoms with van der Waals surface area (Å²) in [5.41, 5.74) is 0.864. The Morgan fingerprint density at radius 2 is 2.00 bits per heavy atom. The summed E-state index contributed by atoms with van der Waals surface area (Å²) in [6.07, 6.45) is 0. The number of halogens is 2. The smallest absolute Gasteiger partial charge is 0.316 e. The number of anilines is 1. The number of para-hydroxylation sites is 2. The third-order valence-electron chi connectivity index (χ3n) is 3.06. The molecular weight excluding hydrogens is 359 g/mol. The summed E-state index contributed by atoms with van der Waals surface area (Å²) in [5, 5.41) is 1.61.